The molecule has 8 heteroatoms. The fraction of sp³-hybridized carbons (Fsp3) is 0.556. The van der Waals surface area contributed by atoms with Crippen molar-refractivity contribution in [2.75, 3.05) is 6.61 Å². The number of carbonyl (C=O) groups excluding carboxylic acids is 1. The number of carbonyl (C=O) groups is 1. The summed E-state index contributed by atoms with van der Waals surface area (Å²) in [7, 11) is 0. The number of aliphatic hydroxyl groups excluding tert-OH is 4. The van der Waals surface area contributed by atoms with Gasteiger partial charge in [-0.2, -0.15) is 0 Å². The number of hydrogen-bond acceptors (Lipinski definition) is 7. The molecular formula is C18H26NO7. The molecule has 1 aliphatic rings. The molecule has 1 aromatic rings. The van der Waals surface area contributed by atoms with Crippen LogP contribution in [0.4, 0.5) is 0 Å². The van der Waals surface area contributed by atoms with Crippen LogP contribution in [0.15, 0.2) is 30.3 Å². The monoisotopic (exact) mass is 368 g/mol. The topological polar surface area (TPSA) is 139 Å². The third-order valence-electron chi connectivity index (χ3n) is 4.40. The fourth-order valence-corrected chi connectivity index (χ4v) is 3.07. The van der Waals surface area contributed by atoms with Gasteiger partial charge in [0, 0.05) is 19.8 Å². The Balaban J connectivity index is 2.16. The summed E-state index contributed by atoms with van der Waals surface area (Å²) in [6.45, 7) is 0.501. The molecule has 6 N–H and O–H groups in total. The maximum Gasteiger partial charge on any atom is 0.217 e. The van der Waals surface area contributed by atoms with Crippen molar-refractivity contribution in [1.29, 1.82) is 0 Å². The molecule has 6 atom stereocenters. The molecule has 8 nitrogen and oxygen atoms in total. The summed E-state index contributed by atoms with van der Waals surface area (Å²) in [4.78, 5) is 11.4. The number of benzene rings is 1. The molecule has 0 spiro atoms. The number of aliphatic hydroxyl groups is 5. The van der Waals surface area contributed by atoms with Crippen molar-refractivity contribution in [2.24, 2.45) is 0 Å². The number of amides is 1. The second kappa shape index (κ2) is 8.90. The van der Waals surface area contributed by atoms with Crippen LogP contribution in [0.5, 0.6) is 0 Å². The van der Waals surface area contributed by atoms with Gasteiger partial charge in [0.15, 0.2) is 5.79 Å². The predicted octanol–water partition coefficient (Wildman–Crippen LogP) is -1.31. The van der Waals surface area contributed by atoms with Crippen LogP contribution in [-0.4, -0.2) is 74.3 Å². The molecule has 0 unspecified atom stereocenters. The Morgan fingerprint density at radius 1 is 1.38 bits per heavy atom. The van der Waals surface area contributed by atoms with Crippen LogP contribution in [0, 0.1) is 6.42 Å². The first-order chi connectivity index (χ1) is 12.3. The molecule has 1 aromatic carbocycles. The Labute approximate surface area is 152 Å². The van der Waals surface area contributed by atoms with Crippen molar-refractivity contribution in [1.82, 2.24) is 5.32 Å². The average molecular weight is 368 g/mol. The second-order valence-electron chi connectivity index (χ2n) is 6.59. The van der Waals surface area contributed by atoms with Gasteiger partial charge in [0.25, 0.3) is 0 Å². The quantitative estimate of drug-likeness (QED) is 0.351. The Morgan fingerprint density at radius 3 is 2.62 bits per heavy atom. The molecule has 0 aliphatic carbocycles. The fourth-order valence-electron chi connectivity index (χ4n) is 3.07. The van der Waals surface area contributed by atoms with Crippen LogP contribution in [0.25, 0.3) is 0 Å². The highest BCUT2D eigenvalue weighted by Crippen LogP contribution is 2.33. The maximum atomic E-state index is 11.4. The SMILES string of the molecule is CC(=O)N[C@H]1[C@H]([C@H](O)[C@H](O)CO)O[C@](O)(C[CH]c2ccccc2)C[C@@H]1O. The lowest BCUT2D eigenvalue weighted by atomic mass is 9.86. The molecule has 0 saturated carbocycles. The largest absolute Gasteiger partial charge is 0.394 e. The first kappa shape index (κ1) is 20.8. The Kier molecular flexibility index (Phi) is 7.10. The summed E-state index contributed by atoms with van der Waals surface area (Å²) in [5.74, 6) is -2.26. The highest BCUT2D eigenvalue weighted by Gasteiger charge is 2.49. The van der Waals surface area contributed by atoms with Gasteiger partial charge in [0.2, 0.25) is 5.91 Å². The number of ether oxygens (including phenoxy) is 1. The molecule has 1 fully saturated rings. The Hall–Kier alpha value is -1.55. The molecule has 0 aromatic heterocycles. The van der Waals surface area contributed by atoms with Crippen molar-refractivity contribution >= 4 is 5.91 Å². The van der Waals surface area contributed by atoms with E-state index in [1.807, 2.05) is 30.3 Å². The molecule has 1 saturated heterocycles. The maximum absolute atomic E-state index is 11.4. The van der Waals surface area contributed by atoms with Gasteiger partial charge < -0.3 is 35.6 Å². The lowest BCUT2D eigenvalue weighted by Crippen LogP contribution is -2.65. The van der Waals surface area contributed by atoms with Crippen LogP contribution in [0.3, 0.4) is 0 Å². The zero-order valence-electron chi connectivity index (χ0n) is 14.5. The molecule has 1 radical (unpaired) electrons. The first-order valence-electron chi connectivity index (χ1n) is 8.46. The minimum absolute atomic E-state index is 0.0271. The molecule has 26 heavy (non-hydrogen) atoms. The molecule has 1 heterocycles. The molecule has 1 aliphatic heterocycles. The summed E-state index contributed by atoms with van der Waals surface area (Å²) in [6, 6.07) is 8.16. The first-order valence-corrected chi connectivity index (χ1v) is 8.46. The van der Waals surface area contributed by atoms with Gasteiger partial charge in [0.1, 0.15) is 18.3 Å². The second-order valence-corrected chi connectivity index (χ2v) is 6.59. The predicted molar refractivity (Wildman–Crippen MR) is 91.6 cm³/mol. The van der Waals surface area contributed by atoms with Crippen LogP contribution in [0.1, 0.15) is 25.3 Å². The zero-order chi connectivity index (χ0) is 19.3. The van der Waals surface area contributed by atoms with Gasteiger partial charge in [0.05, 0.1) is 18.8 Å². The summed E-state index contributed by atoms with van der Waals surface area (Å²) in [5.41, 5.74) is 0.843. The van der Waals surface area contributed by atoms with E-state index in [1.165, 1.54) is 6.92 Å². The van der Waals surface area contributed by atoms with E-state index in [2.05, 4.69) is 5.32 Å². The van der Waals surface area contributed by atoms with Crippen molar-refractivity contribution in [3.05, 3.63) is 42.3 Å². The van der Waals surface area contributed by atoms with E-state index in [0.717, 1.165) is 5.56 Å². The summed E-state index contributed by atoms with van der Waals surface area (Å²) in [5, 5.41) is 52.7. The molecular weight excluding hydrogens is 342 g/mol. The van der Waals surface area contributed by atoms with Gasteiger partial charge in [-0.25, -0.2) is 0 Å². The van der Waals surface area contributed by atoms with E-state index in [0.29, 0.717) is 0 Å². The van der Waals surface area contributed by atoms with E-state index in [4.69, 9.17) is 9.84 Å². The van der Waals surface area contributed by atoms with Gasteiger partial charge >= 0.3 is 0 Å². The van der Waals surface area contributed by atoms with E-state index in [9.17, 15) is 25.2 Å². The van der Waals surface area contributed by atoms with E-state index < -0.39 is 48.8 Å². The highest BCUT2D eigenvalue weighted by molar-refractivity contribution is 5.73. The van der Waals surface area contributed by atoms with Gasteiger partial charge in [-0.1, -0.05) is 30.3 Å². The average Bonchev–Trinajstić information content (AvgIpc) is 2.61. The third-order valence-corrected chi connectivity index (χ3v) is 4.40. The van der Waals surface area contributed by atoms with E-state index in [-0.39, 0.29) is 12.8 Å². The van der Waals surface area contributed by atoms with Crippen LogP contribution in [0.2, 0.25) is 0 Å². The van der Waals surface area contributed by atoms with E-state index >= 15 is 0 Å². The summed E-state index contributed by atoms with van der Waals surface area (Å²) < 4.78 is 5.59. The standard InChI is InChI=1S/C18H26NO7/c1-11(21)19-15-13(22)9-18(25,8-7-12-5-3-2-4-6-12)26-17(15)16(24)14(23)10-20/h2-7,13-17,20,22-25H,8-10H2,1H3,(H,19,21)/t13-,14+,15+,16+,17+,18+/m0/s1. The highest BCUT2D eigenvalue weighted by atomic mass is 16.6. The van der Waals surface area contributed by atoms with Gasteiger partial charge in [-0.3, -0.25) is 4.79 Å². The molecule has 1 amide bonds. The summed E-state index contributed by atoms with van der Waals surface area (Å²) >= 11 is 0. The van der Waals surface area contributed by atoms with Crippen LogP contribution < -0.4 is 5.32 Å². The Morgan fingerprint density at radius 2 is 2.04 bits per heavy atom. The van der Waals surface area contributed by atoms with Crippen molar-refractivity contribution < 1.29 is 35.1 Å². The third kappa shape index (κ3) is 5.23. The molecule has 2 rings (SSSR count). The van der Waals surface area contributed by atoms with Crippen LogP contribution >= 0.6 is 0 Å². The molecule has 0 bridgehead atoms. The van der Waals surface area contributed by atoms with Crippen molar-refractivity contribution in [2.45, 2.75) is 56.0 Å². The minimum atomic E-state index is -1.80. The zero-order valence-corrected chi connectivity index (χ0v) is 14.5. The van der Waals surface area contributed by atoms with Crippen molar-refractivity contribution in [3.63, 3.8) is 0 Å². The van der Waals surface area contributed by atoms with Gasteiger partial charge in [-0.05, 0) is 12.0 Å². The number of hydrogen-bond donors (Lipinski definition) is 6. The minimum Gasteiger partial charge on any atom is -0.394 e. The lowest BCUT2D eigenvalue weighted by molar-refractivity contribution is -0.300. The number of nitrogens with one attached hydrogen (secondary N) is 1. The molecule has 145 valence electrons. The summed E-state index contributed by atoms with van der Waals surface area (Å²) in [6.07, 6.45) is -4.14. The van der Waals surface area contributed by atoms with E-state index in [1.54, 1.807) is 6.42 Å². The smallest absolute Gasteiger partial charge is 0.217 e. The van der Waals surface area contributed by atoms with Gasteiger partial charge in [-0.15, -0.1) is 0 Å². The number of rotatable bonds is 7. The Bertz CT molecular complexity index is 584. The lowest BCUT2D eigenvalue weighted by Gasteiger charge is -2.46. The van der Waals surface area contributed by atoms with Crippen LogP contribution in [-0.2, 0) is 9.53 Å². The van der Waals surface area contributed by atoms with Crippen molar-refractivity contribution in [3.8, 4) is 0 Å². The normalized spacial score (nSPS) is 31.2.